The summed E-state index contributed by atoms with van der Waals surface area (Å²) in [6, 6.07) is 0. The van der Waals surface area contributed by atoms with Gasteiger partial charge < -0.3 is 19.7 Å². The Labute approximate surface area is 210 Å². The third-order valence-corrected chi connectivity index (χ3v) is 8.57. The van der Waals surface area contributed by atoms with Crippen LogP contribution in [0.4, 0.5) is 20.4 Å². The first-order valence-corrected chi connectivity index (χ1v) is 13.5. The van der Waals surface area contributed by atoms with Gasteiger partial charge in [-0.1, -0.05) is 6.42 Å². The number of amides is 1. The van der Waals surface area contributed by atoms with E-state index in [1.807, 2.05) is 0 Å². The second kappa shape index (κ2) is 10.0. The van der Waals surface area contributed by atoms with Gasteiger partial charge in [-0.3, -0.25) is 4.79 Å². The van der Waals surface area contributed by atoms with Gasteiger partial charge >= 0.3 is 0 Å². The van der Waals surface area contributed by atoms with Crippen LogP contribution in [0.25, 0.3) is 0 Å². The zero-order chi connectivity index (χ0) is 24.6. The number of aromatic nitrogens is 4. The molecule has 1 amide bonds. The number of carbonyl (C=O) groups is 1. The highest BCUT2D eigenvalue weighted by Gasteiger charge is 2.38. The lowest BCUT2D eigenvalue weighted by Crippen LogP contribution is -2.37. The van der Waals surface area contributed by atoms with Gasteiger partial charge in [-0.05, 0) is 51.6 Å². The highest BCUT2D eigenvalue weighted by molar-refractivity contribution is 5.94. The molecule has 0 radical (unpaired) electrons. The van der Waals surface area contributed by atoms with E-state index in [1.54, 1.807) is 0 Å². The molecule has 6 rings (SSSR count). The first-order valence-electron chi connectivity index (χ1n) is 13.5. The van der Waals surface area contributed by atoms with Crippen LogP contribution in [0.2, 0.25) is 0 Å². The van der Waals surface area contributed by atoms with E-state index >= 15 is 0 Å². The van der Waals surface area contributed by atoms with Crippen molar-refractivity contribution in [1.29, 1.82) is 0 Å². The fraction of sp³-hybridized carbons (Fsp3) is 0.692. The minimum atomic E-state index is -2.63. The lowest BCUT2D eigenvalue weighted by atomic mass is 9.83. The number of halogens is 2. The Morgan fingerprint density at radius 3 is 2.44 bits per heavy atom. The van der Waals surface area contributed by atoms with Crippen LogP contribution in [0.3, 0.4) is 0 Å². The maximum absolute atomic E-state index is 13.9. The first-order chi connectivity index (χ1) is 17.6. The summed E-state index contributed by atoms with van der Waals surface area (Å²) in [7, 11) is 0. The number of piperidine rings is 1. The lowest BCUT2D eigenvalue weighted by Gasteiger charge is -2.36. The van der Waals surface area contributed by atoms with E-state index < -0.39 is 18.3 Å². The van der Waals surface area contributed by atoms with Gasteiger partial charge in [-0.2, -0.15) is 0 Å². The average molecular weight is 500 g/mol. The highest BCUT2D eigenvalue weighted by Crippen LogP contribution is 2.42. The third-order valence-electron chi connectivity index (χ3n) is 8.57. The van der Waals surface area contributed by atoms with E-state index in [0.717, 1.165) is 39.0 Å². The number of nitrogens with zero attached hydrogens (tertiary/aromatic N) is 6. The summed E-state index contributed by atoms with van der Waals surface area (Å²) in [5, 5.41) is 2.66. The fourth-order valence-corrected chi connectivity index (χ4v) is 6.24. The quantitative estimate of drug-likeness (QED) is 0.618. The van der Waals surface area contributed by atoms with Gasteiger partial charge in [0.15, 0.2) is 0 Å². The molecule has 1 aliphatic carbocycles. The molecule has 0 spiro atoms. The normalized spacial score (nSPS) is 23.7. The van der Waals surface area contributed by atoms with Crippen molar-refractivity contribution >= 4 is 17.5 Å². The molecular weight excluding hydrogens is 464 g/mol. The lowest BCUT2D eigenvalue weighted by molar-refractivity contribution is -0.117. The summed E-state index contributed by atoms with van der Waals surface area (Å²) in [6.07, 6.45) is 8.96. The summed E-state index contributed by atoms with van der Waals surface area (Å²) < 4.78 is 30.1. The predicted molar refractivity (Wildman–Crippen MR) is 133 cm³/mol. The summed E-state index contributed by atoms with van der Waals surface area (Å²) >= 11 is 0. The molecule has 10 heteroatoms. The van der Waals surface area contributed by atoms with Gasteiger partial charge in [0.25, 0.3) is 0 Å². The second-order valence-electron chi connectivity index (χ2n) is 10.8. The molecule has 0 unspecified atom stereocenters. The molecular formula is C26H35F2N7O. The van der Waals surface area contributed by atoms with Crippen molar-refractivity contribution in [3.05, 3.63) is 29.6 Å². The number of alkyl halides is 2. The Morgan fingerprint density at radius 1 is 0.972 bits per heavy atom. The number of carbonyl (C=O) groups excluding carboxylic acids is 1. The molecule has 1 saturated carbocycles. The highest BCUT2D eigenvalue weighted by atomic mass is 19.3. The Balaban J connectivity index is 1.19. The number of likely N-dealkylation sites (tertiary alicyclic amines) is 1. The van der Waals surface area contributed by atoms with Crippen molar-refractivity contribution in [2.24, 2.45) is 0 Å². The largest absolute Gasteiger partial charge is 0.356 e. The van der Waals surface area contributed by atoms with Crippen LogP contribution in [-0.4, -0.2) is 69.5 Å². The molecule has 3 aliphatic heterocycles. The molecule has 194 valence electrons. The van der Waals surface area contributed by atoms with Crippen molar-refractivity contribution in [3.8, 4) is 0 Å². The smallest absolute Gasteiger partial charge is 0.246 e. The van der Waals surface area contributed by atoms with E-state index in [1.165, 1.54) is 63.0 Å². The van der Waals surface area contributed by atoms with Gasteiger partial charge in [-0.15, -0.1) is 0 Å². The van der Waals surface area contributed by atoms with Crippen molar-refractivity contribution in [3.63, 3.8) is 0 Å². The number of fused-ring (bicyclic) bond motifs is 1. The van der Waals surface area contributed by atoms with Crippen LogP contribution in [0.5, 0.6) is 0 Å². The minimum Gasteiger partial charge on any atom is -0.356 e. The van der Waals surface area contributed by atoms with Crippen LogP contribution >= 0.6 is 0 Å². The molecule has 1 atom stereocenters. The molecule has 36 heavy (non-hydrogen) atoms. The summed E-state index contributed by atoms with van der Waals surface area (Å²) in [4.78, 5) is 30.3. The molecule has 3 fully saturated rings. The van der Waals surface area contributed by atoms with Crippen molar-refractivity contribution in [2.75, 3.05) is 42.9 Å². The summed E-state index contributed by atoms with van der Waals surface area (Å²) in [5.41, 5.74) is 1.63. The standard InChI is InChI=1S/C26H35F2N7O/c27-23(28)19-14-21(36)32-24-22(19)26(30-16-29-24)34-10-6-18(7-11-34)25-31-20(17-4-3-5-17)15-35(25)13-12-33-8-1-2-9-33/h15-19,23H,1-14H2,(H,29,30,32,36)/t19-/m1/s1. The van der Waals surface area contributed by atoms with Crippen LogP contribution < -0.4 is 10.2 Å². The van der Waals surface area contributed by atoms with Gasteiger partial charge in [0, 0.05) is 56.2 Å². The average Bonchev–Trinajstić information content (AvgIpc) is 3.51. The van der Waals surface area contributed by atoms with Crippen LogP contribution in [0.15, 0.2) is 12.5 Å². The fourth-order valence-electron chi connectivity index (χ4n) is 6.24. The monoisotopic (exact) mass is 499 g/mol. The second-order valence-corrected chi connectivity index (χ2v) is 10.8. The molecule has 2 aromatic rings. The molecule has 8 nitrogen and oxygen atoms in total. The number of nitrogens with one attached hydrogen (secondary N) is 1. The van der Waals surface area contributed by atoms with Crippen LogP contribution in [0.1, 0.15) is 86.2 Å². The molecule has 1 N–H and O–H groups in total. The van der Waals surface area contributed by atoms with E-state index in [4.69, 9.17) is 4.98 Å². The van der Waals surface area contributed by atoms with Crippen molar-refractivity contribution in [2.45, 2.75) is 82.1 Å². The Bertz CT molecular complexity index is 1090. The summed E-state index contributed by atoms with van der Waals surface area (Å²) in [5.74, 6) is 1.32. The predicted octanol–water partition coefficient (Wildman–Crippen LogP) is 4.11. The van der Waals surface area contributed by atoms with E-state index in [0.29, 0.717) is 23.2 Å². The first kappa shape index (κ1) is 23.8. The van der Waals surface area contributed by atoms with Crippen molar-refractivity contribution < 1.29 is 13.6 Å². The Kier molecular flexibility index (Phi) is 6.62. The van der Waals surface area contributed by atoms with E-state index in [2.05, 4.69) is 35.8 Å². The zero-order valence-electron chi connectivity index (χ0n) is 20.7. The molecule has 5 heterocycles. The van der Waals surface area contributed by atoms with Crippen LogP contribution in [0, 0.1) is 0 Å². The number of rotatable bonds is 7. The minimum absolute atomic E-state index is 0.228. The van der Waals surface area contributed by atoms with Gasteiger partial charge in [0.2, 0.25) is 12.3 Å². The SMILES string of the molecule is O=C1C[C@@H](C(F)F)c2c(ncnc2N2CCC(c3nc(C4CCC4)cn3CCN3CCCC3)CC2)N1. The van der Waals surface area contributed by atoms with Crippen molar-refractivity contribution in [1.82, 2.24) is 24.4 Å². The molecule has 0 bridgehead atoms. The topological polar surface area (TPSA) is 79.2 Å². The maximum atomic E-state index is 13.9. The molecule has 0 aromatic carbocycles. The van der Waals surface area contributed by atoms with Gasteiger partial charge in [0.1, 0.15) is 23.8 Å². The number of hydrogen-bond donors (Lipinski definition) is 1. The number of hydrogen-bond acceptors (Lipinski definition) is 6. The zero-order valence-corrected chi connectivity index (χ0v) is 20.7. The summed E-state index contributed by atoms with van der Waals surface area (Å²) in [6.45, 7) is 5.87. The Hall–Kier alpha value is -2.62. The van der Waals surface area contributed by atoms with Gasteiger partial charge in [0.05, 0.1) is 11.6 Å². The molecule has 2 saturated heterocycles. The maximum Gasteiger partial charge on any atom is 0.246 e. The van der Waals surface area contributed by atoms with Crippen LogP contribution in [-0.2, 0) is 11.3 Å². The molecule has 4 aliphatic rings. The molecule has 2 aromatic heterocycles. The van der Waals surface area contributed by atoms with Gasteiger partial charge in [-0.25, -0.2) is 23.7 Å². The third kappa shape index (κ3) is 4.60. The number of anilines is 2. The Morgan fingerprint density at radius 2 is 1.75 bits per heavy atom. The number of imidazole rings is 1. The van der Waals surface area contributed by atoms with E-state index in [-0.39, 0.29) is 12.2 Å². The van der Waals surface area contributed by atoms with E-state index in [9.17, 15) is 13.6 Å².